The quantitative estimate of drug-likeness (QED) is 0.908. The maximum atomic E-state index is 12.4. The highest BCUT2D eigenvalue weighted by atomic mass is 35.5. The fourth-order valence-electron chi connectivity index (χ4n) is 2.21. The van der Waals surface area contributed by atoms with E-state index in [1.807, 2.05) is 11.8 Å². The predicted octanol–water partition coefficient (Wildman–Crippen LogP) is 3.00. The molecule has 1 aromatic rings. The molecule has 1 aliphatic heterocycles. The monoisotopic (exact) mass is 352 g/mol. The number of halogens is 3. The molecule has 0 radical (unpaired) electrons. The van der Waals surface area contributed by atoms with Crippen molar-refractivity contribution in [3.05, 3.63) is 28.2 Å². The highest BCUT2D eigenvalue weighted by Gasteiger charge is 2.28. The van der Waals surface area contributed by atoms with Gasteiger partial charge in [0.05, 0.1) is 5.02 Å². The molecule has 0 aliphatic carbocycles. The third kappa shape index (κ3) is 4.65. The third-order valence-corrected chi connectivity index (χ3v) is 3.86. The molecule has 21 heavy (non-hydrogen) atoms. The summed E-state index contributed by atoms with van der Waals surface area (Å²) in [5.74, 6) is 0.449. The maximum Gasteiger partial charge on any atom is 0.263 e. The molecule has 0 bridgehead atoms. The summed E-state index contributed by atoms with van der Waals surface area (Å²) in [6.45, 7) is 6.07. The van der Waals surface area contributed by atoms with Crippen LogP contribution >= 0.6 is 35.6 Å². The highest BCUT2D eigenvalue weighted by molar-refractivity contribution is 6.35. The van der Waals surface area contributed by atoms with Gasteiger partial charge in [0.1, 0.15) is 5.75 Å². The Balaban J connectivity index is 0.00000220. The van der Waals surface area contributed by atoms with Gasteiger partial charge in [-0.25, -0.2) is 0 Å². The van der Waals surface area contributed by atoms with E-state index in [1.54, 1.807) is 25.1 Å². The number of nitrogens with zero attached hydrogens (tertiary/aromatic N) is 1. The molecule has 1 N–H and O–H groups in total. The molecular weight excluding hydrogens is 335 g/mol. The summed E-state index contributed by atoms with van der Waals surface area (Å²) in [7, 11) is 0. The van der Waals surface area contributed by atoms with Crippen molar-refractivity contribution in [1.82, 2.24) is 10.2 Å². The van der Waals surface area contributed by atoms with Gasteiger partial charge in [-0.05, 0) is 32.0 Å². The molecule has 1 saturated heterocycles. The lowest BCUT2D eigenvalue weighted by molar-refractivity contribution is -0.140. The number of carbonyl (C=O) groups is 1. The Bertz CT molecular complexity index is 499. The number of ether oxygens (including phenoxy) is 1. The molecule has 1 aromatic carbocycles. The van der Waals surface area contributed by atoms with E-state index in [0.717, 1.165) is 13.1 Å². The summed E-state index contributed by atoms with van der Waals surface area (Å²) in [5, 5.41) is 4.20. The average Bonchev–Trinajstić information content (AvgIpc) is 2.41. The van der Waals surface area contributed by atoms with Crippen molar-refractivity contribution < 1.29 is 9.53 Å². The second-order valence-corrected chi connectivity index (χ2v) is 5.76. The molecule has 118 valence electrons. The zero-order valence-electron chi connectivity index (χ0n) is 11.9. The minimum Gasteiger partial charge on any atom is -0.479 e. The van der Waals surface area contributed by atoms with Crippen LogP contribution in [0.3, 0.4) is 0 Å². The maximum absolute atomic E-state index is 12.4. The number of rotatable bonds is 3. The summed E-state index contributed by atoms with van der Waals surface area (Å²) in [6, 6.07) is 5.13. The minimum atomic E-state index is -0.575. The van der Waals surface area contributed by atoms with E-state index >= 15 is 0 Å². The van der Waals surface area contributed by atoms with Gasteiger partial charge in [0.2, 0.25) is 0 Å². The summed E-state index contributed by atoms with van der Waals surface area (Å²) >= 11 is 11.9. The standard InChI is InChI=1S/C14H18Cl2N2O2.ClH/c1-9-8-17-5-6-18(9)14(19)10(2)20-13-4-3-11(15)7-12(13)16;/h3-4,7,9-10,17H,5-6,8H2,1-2H3;1H/t9-,10?;/m0./s1. The number of benzene rings is 1. The Labute approximate surface area is 141 Å². The molecular formula is C14H19Cl3N2O2. The summed E-state index contributed by atoms with van der Waals surface area (Å²) in [4.78, 5) is 14.2. The van der Waals surface area contributed by atoms with E-state index < -0.39 is 6.10 Å². The fraction of sp³-hybridized carbons (Fsp3) is 0.500. The molecule has 1 amide bonds. The van der Waals surface area contributed by atoms with E-state index in [1.165, 1.54) is 0 Å². The predicted molar refractivity (Wildman–Crippen MR) is 87.8 cm³/mol. The molecule has 1 aliphatic rings. The third-order valence-electron chi connectivity index (χ3n) is 3.33. The van der Waals surface area contributed by atoms with E-state index in [4.69, 9.17) is 27.9 Å². The fourth-order valence-corrected chi connectivity index (χ4v) is 2.67. The molecule has 0 spiro atoms. The Kier molecular flexibility index (Phi) is 7.07. The number of piperazine rings is 1. The molecule has 1 heterocycles. The number of hydrogen-bond acceptors (Lipinski definition) is 3. The summed E-state index contributed by atoms with van der Waals surface area (Å²) in [5.41, 5.74) is 0. The molecule has 1 unspecified atom stereocenters. The molecule has 4 nitrogen and oxygen atoms in total. The first kappa shape index (κ1) is 18.4. The second kappa shape index (κ2) is 8.08. The van der Waals surface area contributed by atoms with Crippen LogP contribution in [0.2, 0.25) is 10.0 Å². The van der Waals surface area contributed by atoms with Gasteiger partial charge in [0.25, 0.3) is 5.91 Å². The van der Waals surface area contributed by atoms with Crippen molar-refractivity contribution >= 4 is 41.5 Å². The lowest BCUT2D eigenvalue weighted by atomic mass is 10.2. The van der Waals surface area contributed by atoms with Crippen LogP contribution in [0.1, 0.15) is 13.8 Å². The Morgan fingerprint density at radius 3 is 2.81 bits per heavy atom. The van der Waals surface area contributed by atoms with E-state index in [-0.39, 0.29) is 24.4 Å². The van der Waals surface area contributed by atoms with E-state index in [0.29, 0.717) is 22.3 Å². The van der Waals surface area contributed by atoms with Crippen molar-refractivity contribution in [1.29, 1.82) is 0 Å². The Morgan fingerprint density at radius 2 is 2.19 bits per heavy atom. The van der Waals surface area contributed by atoms with Crippen molar-refractivity contribution in [2.45, 2.75) is 26.0 Å². The zero-order chi connectivity index (χ0) is 14.7. The smallest absolute Gasteiger partial charge is 0.263 e. The van der Waals surface area contributed by atoms with Crippen molar-refractivity contribution in [3.63, 3.8) is 0 Å². The molecule has 2 atom stereocenters. The largest absolute Gasteiger partial charge is 0.479 e. The van der Waals surface area contributed by atoms with Crippen LogP contribution in [-0.4, -0.2) is 42.6 Å². The van der Waals surface area contributed by atoms with Gasteiger partial charge < -0.3 is 15.0 Å². The number of amides is 1. The molecule has 1 fully saturated rings. The van der Waals surface area contributed by atoms with Gasteiger partial charge in [-0.3, -0.25) is 4.79 Å². The van der Waals surface area contributed by atoms with Crippen LogP contribution < -0.4 is 10.1 Å². The van der Waals surface area contributed by atoms with Crippen LogP contribution in [0.15, 0.2) is 18.2 Å². The summed E-state index contributed by atoms with van der Waals surface area (Å²) < 4.78 is 5.66. The Morgan fingerprint density at radius 1 is 1.48 bits per heavy atom. The first-order chi connectivity index (χ1) is 9.49. The van der Waals surface area contributed by atoms with Gasteiger partial charge in [0, 0.05) is 30.7 Å². The first-order valence-electron chi connectivity index (χ1n) is 6.62. The number of hydrogen-bond donors (Lipinski definition) is 1. The molecule has 2 rings (SSSR count). The van der Waals surface area contributed by atoms with Gasteiger partial charge in [-0.1, -0.05) is 23.2 Å². The van der Waals surface area contributed by atoms with Gasteiger partial charge in [-0.2, -0.15) is 0 Å². The van der Waals surface area contributed by atoms with Gasteiger partial charge in [0.15, 0.2) is 6.10 Å². The van der Waals surface area contributed by atoms with Crippen LogP contribution in [-0.2, 0) is 4.79 Å². The zero-order valence-corrected chi connectivity index (χ0v) is 14.3. The first-order valence-corrected chi connectivity index (χ1v) is 7.37. The van der Waals surface area contributed by atoms with Crippen LogP contribution in [0, 0.1) is 0 Å². The topological polar surface area (TPSA) is 41.6 Å². The van der Waals surface area contributed by atoms with Crippen molar-refractivity contribution in [3.8, 4) is 5.75 Å². The molecule has 0 aromatic heterocycles. The van der Waals surface area contributed by atoms with Crippen molar-refractivity contribution in [2.75, 3.05) is 19.6 Å². The normalized spacial score (nSPS) is 19.6. The van der Waals surface area contributed by atoms with E-state index in [2.05, 4.69) is 5.32 Å². The number of nitrogens with one attached hydrogen (secondary N) is 1. The lowest BCUT2D eigenvalue weighted by Crippen LogP contribution is -2.55. The van der Waals surface area contributed by atoms with Crippen LogP contribution in [0.4, 0.5) is 0 Å². The van der Waals surface area contributed by atoms with Crippen LogP contribution in [0.5, 0.6) is 5.75 Å². The summed E-state index contributed by atoms with van der Waals surface area (Å²) in [6.07, 6.45) is -0.575. The average molecular weight is 354 g/mol. The second-order valence-electron chi connectivity index (χ2n) is 4.92. The van der Waals surface area contributed by atoms with E-state index in [9.17, 15) is 4.79 Å². The molecule has 7 heteroatoms. The highest BCUT2D eigenvalue weighted by Crippen LogP contribution is 2.28. The Hall–Kier alpha value is -0.680. The SMILES string of the molecule is CC(Oc1ccc(Cl)cc1Cl)C(=O)N1CCNC[C@@H]1C.Cl. The van der Waals surface area contributed by atoms with Gasteiger partial charge in [-0.15, -0.1) is 12.4 Å². The molecule has 0 saturated carbocycles. The van der Waals surface area contributed by atoms with Crippen molar-refractivity contribution in [2.24, 2.45) is 0 Å². The number of carbonyl (C=O) groups excluding carboxylic acids is 1. The van der Waals surface area contributed by atoms with Gasteiger partial charge >= 0.3 is 0 Å². The minimum absolute atomic E-state index is 0. The van der Waals surface area contributed by atoms with Crippen LogP contribution in [0.25, 0.3) is 0 Å². The lowest BCUT2D eigenvalue weighted by Gasteiger charge is -2.35.